The first-order chi connectivity index (χ1) is 16.0. The lowest BCUT2D eigenvalue weighted by atomic mass is 10.1. The summed E-state index contributed by atoms with van der Waals surface area (Å²) in [5.74, 6) is -0.835. The highest BCUT2D eigenvalue weighted by Crippen LogP contribution is 2.11. The van der Waals surface area contributed by atoms with Gasteiger partial charge in [0.15, 0.2) is 5.11 Å². The van der Waals surface area contributed by atoms with Gasteiger partial charge in [0.1, 0.15) is 0 Å². The van der Waals surface area contributed by atoms with Crippen molar-refractivity contribution in [2.45, 2.75) is 13.0 Å². The van der Waals surface area contributed by atoms with E-state index in [9.17, 15) is 9.59 Å². The first-order valence-electron chi connectivity index (χ1n) is 10.5. The summed E-state index contributed by atoms with van der Waals surface area (Å²) in [6.07, 6.45) is 3.63. The van der Waals surface area contributed by atoms with Gasteiger partial charge < -0.3 is 4.90 Å². The third-order valence-corrected chi connectivity index (χ3v) is 5.31. The molecule has 0 radical (unpaired) electrons. The van der Waals surface area contributed by atoms with Crippen molar-refractivity contribution in [3.8, 4) is 0 Å². The van der Waals surface area contributed by atoms with Crippen LogP contribution in [0.15, 0.2) is 91.0 Å². The van der Waals surface area contributed by atoms with E-state index in [1.54, 1.807) is 23.7 Å². The molecular formula is C26H25N3O3S. The van der Waals surface area contributed by atoms with Gasteiger partial charge in [-0.25, -0.2) is 5.48 Å². The zero-order chi connectivity index (χ0) is 23.5. The van der Waals surface area contributed by atoms with Gasteiger partial charge in [0.05, 0.1) is 0 Å². The zero-order valence-corrected chi connectivity index (χ0v) is 18.8. The van der Waals surface area contributed by atoms with Crippen molar-refractivity contribution in [2.75, 3.05) is 6.54 Å². The molecule has 0 aliphatic rings. The average Bonchev–Trinajstić information content (AvgIpc) is 2.86. The number of hydrogen-bond donors (Lipinski definition) is 3. The molecule has 3 aromatic carbocycles. The molecule has 0 heterocycles. The van der Waals surface area contributed by atoms with E-state index in [-0.39, 0.29) is 5.91 Å². The molecule has 3 rings (SSSR count). The molecule has 0 aliphatic heterocycles. The number of nitrogens with one attached hydrogen (secondary N) is 2. The summed E-state index contributed by atoms with van der Waals surface area (Å²) in [7, 11) is 0. The number of rotatable bonds is 8. The minimum absolute atomic E-state index is 0.243. The summed E-state index contributed by atoms with van der Waals surface area (Å²) < 4.78 is 0. The summed E-state index contributed by atoms with van der Waals surface area (Å²) in [5.41, 5.74) is 5.11. The van der Waals surface area contributed by atoms with E-state index in [1.807, 2.05) is 65.6 Å². The third kappa shape index (κ3) is 7.68. The second kappa shape index (κ2) is 12.3. The molecular weight excluding hydrogens is 434 g/mol. The predicted octanol–water partition coefficient (Wildman–Crippen LogP) is 3.96. The van der Waals surface area contributed by atoms with Crippen LogP contribution in [0, 0.1) is 0 Å². The molecule has 33 heavy (non-hydrogen) atoms. The SMILES string of the molecule is O=C(/C=C/c1ccc(CN(CCc2ccccc2)C(=S)NC(=O)c2ccccc2)cc1)NO. The van der Waals surface area contributed by atoms with Gasteiger partial charge >= 0.3 is 0 Å². The van der Waals surface area contributed by atoms with Crippen LogP contribution >= 0.6 is 12.2 Å². The van der Waals surface area contributed by atoms with E-state index >= 15 is 0 Å². The highest BCUT2D eigenvalue weighted by atomic mass is 32.1. The molecule has 7 heteroatoms. The number of carbonyl (C=O) groups excluding carboxylic acids is 2. The van der Waals surface area contributed by atoms with Crippen molar-refractivity contribution >= 4 is 35.2 Å². The monoisotopic (exact) mass is 459 g/mol. The quantitative estimate of drug-likeness (QED) is 0.206. The lowest BCUT2D eigenvalue weighted by Gasteiger charge is -2.26. The Balaban J connectivity index is 1.70. The van der Waals surface area contributed by atoms with Gasteiger partial charge in [0.25, 0.3) is 11.8 Å². The number of thiocarbonyl (C=S) groups is 1. The lowest BCUT2D eigenvalue weighted by Crippen LogP contribution is -2.43. The number of hydrogen-bond acceptors (Lipinski definition) is 4. The number of amides is 2. The van der Waals surface area contributed by atoms with Crippen molar-refractivity contribution in [1.82, 2.24) is 15.7 Å². The molecule has 0 atom stereocenters. The topological polar surface area (TPSA) is 81.7 Å². The van der Waals surface area contributed by atoms with Crippen molar-refractivity contribution in [1.29, 1.82) is 0 Å². The Morgan fingerprint density at radius 1 is 0.879 bits per heavy atom. The smallest absolute Gasteiger partial charge is 0.267 e. The van der Waals surface area contributed by atoms with Gasteiger partial charge in [0.2, 0.25) is 0 Å². The standard InChI is InChI=1S/C26H25N3O3S/c30-24(28-32)16-15-21-11-13-22(14-12-21)19-29(18-17-20-7-3-1-4-8-20)26(33)27-25(31)23-9-5-2-6-10-23/h1-16,32H,17-19H2,(H,28,30)(H,27,31,33)/b16-15+. The van der Waals surface area contributed by atoms with Crippen LogP contribution in [0.1, 0.15) is 27.0 Å². The summed E-state index contributed by atoms with van der Waals surface area (Å²) in [6, 6.07) is 26.7. The highest BCUT2D eigenvalue weighted by molar-refractivity contribution is 7.80. The fraction of sp³-hybridized carbons (Fsp3) is 0.115. The molecule has 6 nitrogen and oxygen atoms in total. The molecule has 0 saturated heterocycles. The fourth-order valence-corrected chi connectivity index (χ4v) is 3.41. The molecule has 0 aromatic heterocycles. The van der Waals surface area contributed by atoms with Crippen LogP contribution in [0.25, 0.3) is 6.08 Å². The Morgan fingerprint density at radius 3 is 2.15 bits per heavy atom. The largest absolute Gasteiger partial charge is 0.344 e. The Labute approximate surface area is 198 Å². The van der Waals surface area contributed by atoms with Crippen LogP contribution in [-0.2, 0) is 17.8 Å². The summed E-state index contributed by atoms with van der Waals surface area (Å²) >= 11 is 5.59. The first-order valence-corrected chi connectivity index (χ1v) is 10.9. The van der Waals surface area contributed by atoms with Gasteiger partial charge in [0, 0.05) is 24.7 Å². The Bertz CT molecular complexity index is 1100. The summed E-state index contributed by atoms with van der Waals surface area (Å²) in [6.45, 7) is 1.15. The Kier molecular flexibility index (Phi) is 8.88. The molecule has 2 amide bonds. The van der Waals surface area contributed by atoms with Crippen molar-refractivity contribution in [3.63, 3.8) is 0 Å². The van der Waals surface area contributed by atoms with Crippen LogP contribution in [-0.4, -0.2) is 33.6 Å². The van der Waals surface area contributed by atoms with Gasteiger partial charge in [-0.2, -0.15) is 0 Å². The maximum atomic E-state index is 12.6. The predicted molar refractivity (Wildman–Crippen MR) is 132 cm³/mol. The molecule has 0 aliphatic carbocycles. The third-order valence-electron chi connectivity index (χ3n) is 4.95. The normalized spacial score (nSPS) is 10.6. The minimum atomic E-state index is -0.592. The van der Waals surface area contributed by atoms with Crippen molar-refractivity contribution in [3.05, 3.63) is 113 Å². The Hall–Kier alpha value is -3.81. The zero-order valence-electron chi connectivity index (χ0n) is 18.0. The highest BCUT2D eigenvalue weighted by Gasteiger charge is 2.14. The minimum Gasteiger partial charge on any atom is -0.344 e. The van der Waals surface area contributed by atoms with Gasteiger partial charge in [-0.1, -0.05) is 72.8 Å². The van der Waals surface area contributed by atoms with E-state index < -0.39 is 5.91 Å². The summed E-state index contributed by atoms with van der Waals surface area (Å²) in [4.78, 5) is 25.7. The van der Waals surface area contributed by atoms with E-state index in [0.29, 0.717) is 23.8 Å². The molecule has 0 bridgehead atoms. The lowest BCUT2D eigenvalue weighted by molar-refractivity contribution is -0.124. The van der Waals surface area contributed by atoms with E-state index in [2.05, 4.69) is 17.4 Å². The number of carbonyl (C=O) groups is 2. The molecule has 168 valence electrons. The van der Waals surface area contributed by atoms with Crippen LogP contribution in [0.4, 0.5) is 0 Å². The van der Waals surface area contributed by atoms with Crippen molar-refractivity contribution < 1.29 is 14.8 Å². The number of nitrogens with zero attached hydrogens (tertiary/aromatic N) is 1. The maximum absolute atomic E-state index is 12.6. The molecule has 3 N–H and O–H groups in total. The maximum Gasteiger partial charge on any atom is 0.267 e. The van der Waals surface area contributed by atoms with Crippen LogP contribution in [0.3, 0.4) is 0 Å². The Morgan fingerprint density at radius 2 is 1.52 bits per heavy atom. The van der Waals surface area contributed by atoms with E-state index in [1.165, 1.54) is 11.6 Å². The first kappa shape index (κ1) is 23.8. The molecule has 0 saturated carbocycles. The van der Waals surface area contributed by atoms with Gasteiger partial charge in [-0.15, -0.1) is 0 Å². The summed E-state index contributed by atoms with van der Waals surface area (Å²) in [5, 5.41) is 11.8. The number of benzene rings is 3. The van der Waals surface area contributed by atoms with Crippen LogP contribution in [0.5, 0.6) is 0 Å². The molecule has 3 aromatic rings. The van der Waals surface area contributed by atoms with Gasteiger partial charge in [-0.05, 0) is 53.5 Å². The average molecular weight is 460 g/mol. The number of hydroxylamine groups is 1. The molecule has 0 fully saturated rings. The van der Waals surface area contributed by atoms with Crippen LogP contribution < -0.4 is 10.8 Å². The fourth-order valence-electron chi connectivity index (χ4n) is 3.16. The van der Waals surface area contributed by atoms with Crippen LogP contribution in [0.2, 0.25) is 0 Å². The van der Waals surface area contributed by atoms with Crippen molar-refractivity contribution in [2.24, 2.45) is 0 Å². The molecule has 0 unspecified atom stereocenters. The second-order valence-electron chi connectivity index (χ2n) is 7.33. The second-order valence-corrected chi connectivity index (χ2v) is 7.72. The van der Waals surface area contributed by atoms with Gasteiger partial charge in [-0.3, -0.25) is 20.1 Å². The molecule has 0 spiro atoms. The van der Waals surface area contributed by atoms with E-state index in [4.69, 9.17) is 17.4 Å². The van der Waals surface area contributed by atoms with E-state index in [0.717, 1.165) is 17.5 Å².